The molecule has 0 unspecified atom stereocenters. The Morgan fingerprint density at radius 3 is 0.642 bits per heavy atom. The number of hydrogen-bond donors (Lipinski definition) is 0. The minimum Gasteiger partial charge on any atom is -0.493 e. The van der Waals surface area contributed by atoms with Crippen LogP contribution >= 0.6 is 0 Å². The predicted octanol–water partition coefficient (Wildman–Crippen LogP) is 48.8. The molecule has 0 spiro atoms. The first-order valence-electron chi connectivity index (χ1n) is 64.9. The summed E-state index contributed by atoms with van der Waals surface area (Å²) < 4.78 is 3.17. The van der Waals surface area contributed by atoms with Crippen molar-refractivity contribution in [2.75, 3.05) is 0 Å². The van der Waals surface area contributed by atoms with Gasteiger partial charge in [0.05, 0.1) is 0 Å². The molecule has 0 saturated heterocycles. The molecule has 0 aromatic heterocycles. The van der Waals surface area contributed by atoms with Gasteiger partial charge in [0, 0.05) is 90.7 Å². The van der Waals surface area contributed by atoms with E-state index >= 15 is 0 Å². The molecule has 0 aliphatic carbocycles. The molecule has 846 valence electrons. The molecule has 0 radical (unpaired) electrons. The maximum atomic E-state index is 12.5. The Labute approximate surface area is 947 Å². The van der Waals surface area contributed by atoms with E-state index in [-0.39, 0.29) is 36.9 Å². The number of hydrogen-bond acceptors (Lipinski definition) is 0. The first kappa shape index (κ1) is 141. The van der Waals surface area contributed by atoms with Crippen LogP contribution < -0.4 is 0 Å². The minimum absolute atomic E-state index is 0. The third-order valence-corrected chi connectivity index (χ3v) is 31.2. The van der Waals surface area contributed by atoms with Gasteiger partial charge < -0.3 is 24.9 Å². The quantitative estimate of drug-likeness (QED) is 0.0139. The normalized spacial score (nSPS) is 12.3. The molecule has 0 fully saturated rings. The van der Waals surface area contributed by atoms with Crippen LogP contribution in [-0.4, -0.2) is 9.39 Å². The summed E-state index contributed by atoms with van der Waals surface area (Å²) in [5.41, 5.74) is 43.9. The number of rotatable bonds is 94. The molecule has 148 heavy (non-hydrogen) atoms. The molecule has 0 saturated carbocycles. The zero-order valence-electron chi connectivity index (χ0n) is 99.5. The van der Waals surface area contributed by atoms with Gasteiger partial charge in [0.15, 0.2) is 0 Å². The van der Waals surface area contributed by atoms with Crippen LogP contribution in [-0.2, 0) is 62.6 Å². The van der Waals surface area contributed by atoms with Crippen molar-refractivity contribution in [1.29, 1.82) is 0 Å². The van der Waals surface area contributed by atoms with E-state index in [2.05, 4.69) is 204 Å². The second-order valence-corrected chi connectivity index (χ2v) is 44.8. The van der Waals surface area contributed by atoms with Crippen LogP contribution in [0.15, 0.2) is 119 Å². The van der Waals surface area contributed by atoms with Crippen molar-refractivity contribution in [3.8, 4) is 23.7 Å². The molecule has 0 N–H and O–H groups in total. The molecule has 2 heterocycles. The van der Waals surface area contributed by atoms with Gasteiger partial charge in [0.1, 0.15) is 0 Å². The van der Waals surface area contributed by atoms with Crippen molar-refractivity contribution in [3.05, 3.63) is 189 Å². The van der Waals surface area contributed by atoms with Gasteiger partial charge in [0.25, 0.3) is 0 Å². The second kappa shape index (κ2) is 107. The maximum absolute atomic E-state index is 12.5. The minimum atomic E-state index is 0. The average molecular weight is 2170 g/mol. The van der Waals surface area contributed by atoms with E-state index < -0.39 is 0 Å². The number of aryl methyl sites for hydroxylation is 4. The van der Waals surface area contributed by atoms with Gasteiger partial charge in [0.2, 0.25) is 22.8 Å². The standard InChI is InChI=1S/C54H80N2.C36H52N2.2C26H53.Ni.Pd/c1-5-9-13-17-19-21-23-25-27-29-31-39-47-41-35-37-43-49(47)53-51(45-33-15-11-7-3)52(46-34-16-12-8-4)54(56(53)55)50-44-38-36-42-48(50)40-32-30-28-26-24-22-20-18-14-10-6-2;1-5-9-13-15-19-29-21-17-23-31(27-29)35-33(25-11-7-3)34(26-12-8-4)36(38(35)37)32-24-18-22-30(28-32)20-16-14-10-6-2;2*1-3-5-7-9-11-13-15-17-19-21-23-25-26-24-22-20-18-16-14-12-10-8-6-4-2;;/h35-38,41-44H,5-26,31-34,39-40,45-46H2,1-4H3;17-18,21-24,27-28H,5-16,19-20,25-26H2,1-4H3;2*1,3-26H2,2H3;;/q;;2*-1;+2;. The van der Waals surface area contributed by atoms with Crippen molar-refractivity contribution in [2.24, 2.45) is 0 Å². The van der Waals surface area contributed by atoms with Crippen molar-refractivity contribution in [3.63, 3.8) is 0 Å². The van der Waals surface area contributed by atoms with Crippen LogP contribution in [0.25, 0.3) is 33.9 Å². The van der Waals surface area contributed by atoms with Gasteiger partial charge in [-0.05, 0) is 161 Å². The van der Waals surface area contributed by atoms with Gasteiger partial charge >= 0.3 is 16.5 Å². The van der Waals surface area contributed by atoms with Crippen molar-refractivity contribution in [2.45, 2.75) is 673 Å². The van der Waals surface area contributed by atoms with Crippen LogP contribution in [0, 0.1) is 37.5 Å². The molecule has 2 aliphatic heterocycles. The molecule has 0 bridgehead atoms. The summed E-state index contributed by atoms with van der Waals surface area (Å²) in [5.74, 6) is 14.0. The summed E-state index contributed by atoms with van der Waals surface area (Å²) in [5, 5.41) is 0. The van der Waals surface area contributed by atoms with Crippen LogP contribution in [0.5, 0.6) is 0 Å². The Hall–Kier alpha value is -4.68. The fraction of sp³-hybridized carbons (Fsp3) is 0.732. The first-order valence-corrected chi connectivity index (χ1v) is 64.9. The Balaban J connectivity index is 0.00000104. The third kappa shape index (κ3) is 71.5. The Morgan fingerprint density at radius 2 is 0.392 bits per heavy atom. The summed E-state index contributed by atoms with van der Waals surface area (Å²) in [6.45, 7) is 30.6. The SMILES string of the molecule is CCCCCCCCCC#CCCc1ccccc1C1=C(CCCCCC)C(CCCCCC)=C(c2ccccc2CCC#CCCCCCCCCC)[N+]1=[N-].CCCCCCc1cccc(C2=C(CCCC)C(CCCC)=C(c3cccc(CCCCCC)c3)[N+]2=[N-])c1.[CH2-]CCCCCCCCCCCCCCCCCCCCCCCCC.[CH2-]CCCCCCCCCCCCCCCCCCCCCCCCC.[Ni+2].[Pd]. The summed E-state index contributed by atoms with van der Waals surface area (Å²) in [6.07, 6.45) is 124. The monoisotopic (exact) mass is 2160 g/mol. The topological polar surface area (TPSA) is 50.6 Å². The Morgan fingerprint density at radius 1 is 0.196 bits per heavy atom. The average Bonchev–Trinajstić information content (AvgIpc) is 1.60. The summed E-state index contributed by atoms with van der Waals surface area (Å²) in [6, 6.07) is 35.6. The Kier molecular flexibility index (Phi) is 102. The van der Waals surface area contributed by atoms with E-state index in [0.29, 0.717) is 0 Å². The largest absolute Gasteiger partial charge is 2.00 e. The van der Waals surface area contributed by atoms with Gasteiger partial charge in [-0.15, -0.1) is 23.7 Å². The second-order valence-electron chi connectivity index (χ2n) is 44.8. The van der Waals surface area contributed by atoms with E-state index in [1.165, 1.54) is 531 Å². The van der Waals surface area contributed by atoms with E-state index in [4.69, 9.17) is 0 Å². The van der Waals surface area contributed by atoms with Crippen LogP contribution in [0.4, 0.5) is 0 Å². The molecule has 0 amide bonds. The smallest absolute Gasteiger partial charge is 0.493 e. The fourth-order valence-electron chi connectivity index (χ4n) is 21.9. The predicted molar refractivity (Wildman–Crippen MR) is 654 cm³/mol. The molecule has 2 aliphatic rings. The molecular formula is C142H238N4NiPd. The zero-order valence-corrected chi connectivity index (χ0v) is 102. The van der Waals surface area contributed by atoms with Gasteiger partial charge in [-0.25, -0.2) is 9.39 Å². The summed E-state index contributed by atoms with van der Waals surface area (Å²) in [4.78, 5) is 0. The Bertz CT molecular complexity index is 3690. The van der Waals surface area contributed by atoms with Crippen molar-refractivity contribution < 1.29 is 46.3 Å². The molecule has 6 heteroatoms. The van der Waals surface area contributed by atoms with E-state index in [1.807, 2.05) is 0 Å². The number of benzene rings is 4. The molecular weight excluding hydrogens is 1930 g/mol. The molecule has 4 aromatic rings. The van der Waals surface area contributed by atoms with E-state index in [9.17, 15) is 11.1 Å². The van der Waals surface area contributed by atoms with Gasteiger partial charge in [-0.3, -0.25) is 0 Å². The number of nitrogens with zero attached hydrogens (tertiary/aromatic N) is 4. The van der Waals surface area contributed by atoms with Crippen molar-refractivity contribution >= 4 is 22.8 Å². The summed E-state index contributed by atoms with van der Waals surface area (Å²) in [7, 11) is 0. The van der Waals surface area contributed by atoms with Crippen LogP contribution in [0.1, 0.15) is 692 Å². The third-order valence-electron chi connectivity index (χ3n) is 31.2. The van der Waals surface area contributed by atoms with E-state index in [1.54, 1.807) is 9.39 Å². The molecule has 0 atom stereocenters. The van der Waals surface area contributed by atoms with Gasteiger partial charge in [-0.1, -0.05) is 592 Å². The van der Waals surface area contributed by atoms with Crippen molar-refractivity contribution in [1.82, 2.24) is 0 Å². The van der Waals surface area contributed by atoms with Gasteiger partial charge in [-0.2, -0.15) is 12.8 Å². The maximum Gasteiger partial charge on any atom is 2.00 e. The van der Waals surface area contributed by atoms with Crippen LogP contribution in [0.3, 0.4) is 0 Å². The van der Waals surface area contributed by atoms with E-state index in [0.717, 1.165) is 162 Å². The van der Waals surface area contributed by atoms with Crippen LogP contribution in [0.2, 0.25) is 0 Å². The first-order chi connectivity index (χ1) is 72.1. The number of unbranched alkanes of at least 4 members (excludes halogenated alkanes) is 74. The molecule has 4 aromatic carbocycles. The molecule has 4 nitrogen and oxygen atoms in total. The zero-order chi connectivity index (χ0) is 105. The number of allylic oxidation sites excluding steroid dienone is 4. The molecule has 6 rings (SSSR count). The fourth-order valence-corrected chi connectivity index (χ4v) is 21.9. The summed E-state index contributed by atoms with van der Waals surface area (Å²) >= 11 is 0.